The van der Waals surface area contributed by atoms with Gasteiger partial charge in [-0.05, 0) is 56.9 Å². The summed E-state index contributed by atoms with van der Waals surface area (Å²) >= 11 is 0. The maximum Gasteiger partial charge on any atom is 0.338 e. The first-order valence-corrected chi connectivity index (χ1v) is 9.95. The van der Waals surface area contributed by atoms with E-state index in [0.717, 1.165) is 17.5 Å². The normalized spacial score (nSPS) is 25.9. The maximum atomic E-state index is 12.9. The van der Waals surface area contributed by atoms with Crippen LogP contribution in [0.2, 0.25) is 0 Å². The number of hydrogen-bond donors (Lipinski definition) is 0. The van der Waals surface area contributed by atoms with Crippen LogP contribution in [0.4, 0.5) is 0 Å². The highest BCUT2D eigenvalue weighted by Crippen LogP contribution is 2.32. The predicted octanol–water partition coefficient (Wildman–Crippen LogP) is 3.21. The molecule has 1 saturated heterocycles. The van der Waals surface area contributed by atoms with Gasteiger partial charge in [-0.25, -0.2) is 9.59 Å². The van der Waals surface area contributed by atoms with E-state index in [1.165, 1.54) is 7.11 Å². The van der Waals surface area contributed by atoms with Crippen LogP contribution in [0.5, 0.6) is 0 Å². The summed E-state index contributed by atoms with van der Waals surface area (Å²) in [6.45, 7) is 6.08. The van der Waals surface area contributed by atoms with E-state index in [9.17, 15) is 9.59 Å². The van der Waals surface area contributed by atoms with Crippen molar-refractivity contribution >= 4 is 18.2 Å². The van der Waals surface area contributed by atoms with E-state index in [0.29, 0.717) is 25.9 Å². The number of methoxy groups -OCH3 is 1. The standard InChI is InChI=1S/C23H29NO5/c1-21(2,3)29-19(25)22(10-6-12-24-22)15-17-8-5-9-18(14-17)16-23(20(26)27-4)11-7-13-28-23/h5-6,8-10,12,14H,7,11,13,15-16H2,1-4H3. The Balaban J connectivity index is 1.82. The highest BCUT2D eigenvalue weighted by atomic mass is 16.6. The largest absolute Gasteiger partial charge is 0.467 e. The van der Waals surface area contributed by atoms with E-state index in [4.69, 9.17) is 14.2 Å². The molecule has 0 amide bonds. The number of hydrogen-bond acceptors (Lipinski definition) is 6. The zero-order chi connectivity index (χ0) is 21.1. The third kappa shape index (κ3) is 4.75. The summed E-state index contributed by atoms with van der Waals surface area (Å²) in [5, 5.41) is 0. The number of aliphatic imine (C=N–C) groups is 1. The van der Waals surface area contributed by atoms with Crippen molar-refractivity contribution in [1.29, 1.82) is 0 Å². The first-order valence-electron chi connectivity index (χ1n) is 9.95. The van der Waals surface area contributed by atoms with E-state index in [1.807, 2.05) is 45.0 Å². The lowest BCUT2D eigenvalue weighted by Gasteiger charge is -2.28. The van der Waals surface area contributed by atoms with Crippen molar-refractivity contribution in [2.24, 2.45) is 4.99 Å². The third-order valence-electron chi connectivity index (χ3n) is 5.13. The molecule has 0 aliphatic carbocycles. The Hall–Kier alpha value is -2.47. The number of carbonyl (C=O) groups excluding carboxylic acids is 2. The van der Waals surface area contributed by atoms with Crippen molar-refractivity contribution in [3.8, 4) is 0 Å². The molecule has 156 valence electrons. The number of carbonyl (C=O) groups is 2. The molecule has 1 fully saturated rings. The number of esters is 2. The molecule has 0 spiro atoms. The molecule has 29 heavy (non-hydrogen) atoms. The van der Waals surface area contributed by atoms with Gasteiger partial charge >= 0.3 is 11.9 Å². The summed E-state index contributed by atoms with van der Waals surface area (Å²) in [6.07, 6.45) is 7.47. The monoisotopic (exact) mass is 399 g/mol. The van der Waals surface area contributed by atoms with Gasteiger partial charge in [-0.15, -0.1) is 0 Å². The zero-order valence-corrected chi connectivity index (χ0v) is 17.6. The van der Waals surface area contributed by atoms with E-state index in [-0.39, 0.29) is 11.9 Å². The molecule has 0 aromatic heterocycles. The van der Waals surface area contributed by atoms with E-state index in [2.05, 4.69) is 4.99 Å². The topological polar surface area (TPSA) is 74.2 Å². The third-order valence-corrected chi connectivity index (χ3v) is 5.13. The number of allylic oxidation sites excluding steroid dienone is 1. The van der Waals surface area contributed by atoms with Gasteiger partial charge in [-0.2, -0.15) is 0 Å². The fourth-order valence-corrected chi connectivity index (χ4v) is 3.83. The first-order chi connectivity index (χ1) is 13.7. The number of nitrogens with zero attached hydrogens (tertiary/aromatic N) is 1. The van der Waals surface area contributed by atoms with Gasteiger partial charge in [0.05, 0.1) is 7.11 Å². The molecule has 2 aliphatic rings. The summed E-state index contributed by atoms with van der Waals surface area (Å²) in [5.74, 6) is -0.709. The summed E-state index contributed by atoms with van der Waals surface area (Å²) in [4.78, 5) is 29.6. The highest BCUT2D eigenvalue weighted by molar-refractivity contribution is 5.91. The van der Waals surface area contributed by atoms with E-state index < -0.39 is 16.7 Å². The van der Waals surface area contributed by atoms with E-state index >= 15 is 0 Å². The van der Waals surface area contributed by atoms with Crippen molar-refractivity contribution in [2.75, 3.05) is 13.7 Å². The average molecular weight is 399 g/mol. The molecule has 6 nitrogen and oxygen atoms in total. The highest BCUT2D eigenvalue weighted by Gasteiger charge is 2.44. The van der Waals surface area contributed by atoms with Gasteiger partial charge in [-0.3, -0.25) is 4.99 Å². The number of benzene rings is 1. The molecular formula is C23H29NO5. The van der Waals surface area contributed by atoms with Crippen LogP contribution < -0.4 is 0 Å². The smallest absolute Gasteiger partial charge is 0.338 e. The average Bonchev–Trinajstić information content (AvgIpc) is 3.31. The Labute approximate surface area is 171 Å². The van der Waals surface area contributed by atoms with Crippen molar-refractivity contribution in [3.05, 3.63) is 47.5 Å². The second-order valence-electron chi connectivity index (χ2n) is 8.67. The Morgan fingerprint density at radius 3 is 2.45 bits per heavy atom. The summed E-state index contributed by atoms with van der Waals surface area (Å²) in [6, 6.07) is 7.84. The van der Waals surface area contributed by atoms with Gasteiger partial charge < -0.3 is 14.2 Å². The van der Waals surface area contributed by atoms with Crippen molar-refractivity contribution in [2.45, 2.75) is 63.2 Å². The molecule has 0 bridgehead atoms. The number of rotatable bonds is 6. The summed E-state index contributed by atoms with van der Waals surface area (Å²) in [5.41, 5.74) is -0.683. The van der Waals surface area contributed by atoms with Crippen molar-refractivity contribution in [1.82, 2.24) is 0 Å². The van der Waals surface area contributed by atoms with Crippen LogP contribution in [-0.2, 0) is 36.6 Å². The van der Waals surface area contributed by atoms with Crippen LogP contribution in [-0.4, -0.2) is 48.6 Å². The lowest BCUT2D eigenvalue weighted by molar-refractivity contribution is -0.163. The Morgan fingerprint density at radius 1 is 1.17 bits per heavy atom. The lowest BCUT2D eigenvalue weighted by Crippen LogP contribution is -2.42. The summed E-state index contributed by atoms with van der Waals surface area (Å²) < 4.78 is 16.4. The van der Waals surface area contributed by atoms with Gasteiger partial charge in [0.25, 0.3) is 0 Å². The molecule has 2 heterocycles. The minimum atomic E-state index is -1.06. The van der Waals surface area contributed by atoms with Gasteiger partial charge in [0, 0.05) is 25.7 Å². The van der Waals surface area contributed by atoms with Gasteiger partial charge in [0.15, 0.2) is 11.1 Å². The Morgan fingerprint density at radius 2 is 1.90 bits per heavy atom. The van der Waals surface area contributed by atoms with Gasteiger partial charge in [0.1, 0.15) is 5.60 Å². The van der Waals surface area contributed by atoms with Crippen LogP contribution in [0.15, 0.2) is 41.4 Å². The molecule has 6 heteroatoms. The molecule has 2 aliphatic heterocycles. The van der Waals surface area contributed by atoms with Crippen LogP contribution in [0.25, 0.3) is 0 Å². The SMILES string of the molecule is COC(=O)C1(Cc2cccc(CC3(C(=O)OC(C)(C)C)C=CC=N3)c2)CCCO1. The van der Waals surface area contributed by atoms with Crippen LogP contribution >= 0.6 is 0 Å². The van der Waals surface area contributed by atoms with Crippen LogP contribution in [0.3, 0.4) is 0 Å². The van der Waals surface area contributed by atoms with Crippen molar-refractivity contribution in [3.63, 3.8) is 0 Å². The molecule has 2 atom stereocenters. The van der Waals surface area contributed by atoms with E-state index in [1.54, 1.807) is 18.4 Å². The zero-order valence-electron chi connectivity index (χ0n) is 17.6. The fourth-order valence-electron chi connectivity index (χ4n) is 3.83. The maximum absolute atomic E-state index is 12.9. The second-order valence-corrected chi connectivity index (χ2v) is 8.67. The molecule has 0 saturated carbocycles. The van der Waals surface area contributed by atoms with Crippen molar-refractivity contribution < 1.29 is 23.8 Å². The molecule has 0 radical (unpaired) electrons. The molecule has 1 aromatic rings. The Bertz CT molecular complexity index is 816. The quantitative estimate of drug-likeness (QED) is 0.687. The summed E-state index contributed by atoms with van der Waals surface area (Å²) in [7, 11) is 1.39. The first kappa shape index (κ1) is 21.2. The lowest BCUT2D eigenvalue weighted by atomic mass is 9.88. The molecule has 2 unspecified atom stereocenters. The van der Waals surface area contributed by atoms with Crippen LogP contribution in [0.1, 0.15) is 44.7 Å². The predicted molar refractivity (Wildman–Crippen MR) is 110 cm³/mol. The molecule has 0 N–H and O–H groups in total. The molecule has 1 aromatic carbocycles. The van der Waals surface area contributed by atoms with Gasteiger partial charge in [-0.1, -0.05) is 24.3 Å². The molecular weight excluding hydrogens is 370 g/mol. The second kappa shape index (κ2) is 8.11. The van der Waals surface area contributed by atoms with Gasteiger partial charge in [0.2, 0.25) is 0 Å². The minimum Gasteiger partial charge on any atom is -0.467 e. The van der Waals surface area contributed by atoms with Crippen LogP contribution in [0, 0.1) is 0 Å². The molecule has 3 rings (SSSR count). The number of ether oxygens (including phenoxy) is 3. The Kier molecular flexibility index (Phi) is 5.94. The fraction of sp³-hybridized carbons (Fsp3) is 0.522. The minimum absolute atomic E-state index is 0.339.